The van der Waals surface area contributed by atoms with Gasteiger partial charge in [0.05, 0.1) is 13.7 Å². The maximum Gasteiger partial charge on any atom is 0.123 e. The fourth-order valence-corrected chi connectivity index (χ4v) is 2.20. The zero-order chi connectivity index (χ0) is 15.0. The normalized spacial score (nSPS) is 10.6. The fraction of sp³-hybridized carbons (Fsp3) is 0.529. The summed E-state index contributed by atoms with van der Waals surface area (Å²) in [4.78, 5) is 2.42. The average molecular weight is 274 g/mol. The maximum atomic E-state index is 5.46. The van der Waals surface area contributed by atoms with Crippen molar-refractivity contribution >= 4 is 0 Å². The summed E-state index contributed by atoms with van der Waals surface area (Å²) in [5, 5.41) is 0. The lowest BCUT2D eigenvalue weighted by Gasteiger charge is -2.23. The van der Waals surface area contributed by atoms with E-state index >= 15 is 0 Å². The molecule has 0 aliphatic heterocycles. The zero-order valence-electron chi connectivity index (χ0n) is 13.1. The Hall–Kier alpha value is -1.50. The van der Waals surface area contributed by atoms with Gasteiger partial charge in [-0.05, 0) is 30.7 Å². The summed E-state index contributed by atoms with van der Waals surface area (Å²) in [6.45, 7) is 10.0. The maximum absolute atomic E-state index is 5.46. The number of methoxy groups -OCH3 is 1. The average Bonchev–Trinajstić information content (AvgIpc) is 2.44. The highest BCUT2D eigenvalue weighted by Crippen LogP contribution is 2.21. The van der Waals surface area contributed by atoms with Crippen LogP contribution in [-0.4, -0.2) is 31.6 Å². The molecule has 0 aromatic heterocycles. The van der Waals surface area contributed by atoms with E-state index in [1.165, 1.54) is 5.56 Å². The highest BCUT2D eigenvalue weighted by Gasteiger charge is 2.10. The van der Waals surface area contributed by atoms with E-state index in [9.17, 15) is 0 Å². The molecule has 0 radical (unpaired) electrons. The molecule has 0 aliphatic carbocycles. The number of nitrogens with two attached hydrogens (primary N) is 1. The molecule has 1 aromatic rings. The summed E-state index contributed by atoms with van der Waals surface area (Å²) in [5.74, 6) is 7.55. The molecule has 110 valence electrons. The van der Waals surface area contributed by atoms with Crippen LogP contribution in [0.3, 0.4) is 0 Å². The Morgan fingerprint density at radius 1 is 1.35 bits per heavy atom. The lowest BCUT2D eigenvalue weighted by Crippen LogP contribution is -2.27. The smallest absolute Gasteiger partial charge is 0.123 e. The Labute approximate surface area is 123 Å². The van der Waals surface area contributed by atoms with Crippen molar-refractivity contribution in [1.82, 2.24) is 4.90 Å². The Morgan fingerprint density at radius 3 is 2.65 bits per heavy atom. The van der Waals surface area contributed by atoms with Crippen molar-refractivity contribution in [2.75, 3.05) is 26.7 Å². The van der Waals surface area contributed by atoms with Crippen LogP contribution in [0.15, 0.2) is 18.2 Å². The number of hydrogen-bond donors (Lipinski definition) is 1. The van der Waals surface area contributed by atoms with E-state index in [-0.39, 0.29) is 0 Å². The molecule has 0 unspecified atom stereocenters. The Balaban J connectivity index is 2.94. The van der Waals surface area contributed by atoms with Crippen molar-refractivity contribution in [2.24, 2.45) is 11.7 Å². The lowest BCUT2D eigenvalue weighted by atomic mass is 10.1. The molecule has 0 amide bonds. The summed E-state index contributed by atoms with van der Waals surface area (Å²) in [6, 6.07) is 6.06. The molecular formula is C17H26N2O. The van der Waals surface area contributed by atoms with Gasteiger partial charge in [-0.3, -0.25) is 4.90 Å². The zero-order valence-corrected chi connectivity index (χ0v) is 13.1. The number of benzene rings is 1. The third kappa shape index (κ3) is 5.24. The van der Waals surface area contributed by atoms with Gasteiger partial charge in [-0.2, -0.15) is 0 Å². The Morgan fingerprint density at radius 2 is 2.10 bits per heavy atom. The molecule has 2 N–H and O–H groups in total. The van der Waals surface area contributed by atoms with Crippen LogP contribution < -0.4 is 10.5 Å². The highest BCUT2D eigenvalue weighted by atomic mass is 16.5. The van der Waals surface area contributed by atoms with Crippen molar-refractivity contribution in [3.63, 3.8) is 0 Å². The summed E-state index contributed by atoms with van der Waals surface area (Å²) in [7, 11) is 1.71. The monoisotopic (exact) mass is 274 g/mol. The van der Waals surface area contributed by atoms with E-state index in [0.717, 1.165) is 30.9 Å². The van der Waals surface area contributed by atoms with Crippen LogP contribution in [0.1, 0.15) is 31.9 Å². The second-order valence-electron chi connectivity index (χ2n) is 5.25. The highest BCUT2D eigenvalue weighted by molar-refractivity contribution is 5.44. The molecule has 0 fully saturated rings. The molecule has 0 spiro atoms. The third-order valence-corrected chi connectivity index (χ3v) is 3.08. The largest absolute Gasteiger partial charge is 0.496 e. The van der Waals surface area contributed by atoms with Crippen LogP contribution in [0, 0.1) is 17.8 Å². The molecule has 0 saturated heterocycles. The van der Waals surface area contributed by atoms with Crippen LogP contribution in [-0.2, 0) is 6.54 Å². The first kappa shape index (κ1) is 16.6. The Kier molecular flexibility index (Phi) is 7.14. The third-order valence-electron chi connectivity index (χ3n) is 3.08. The molecule has 0 bridgehead atoms. The van der Waals surface area contributed by atoms with Gasteiger partial charge in [-0.1, -0.05) is 32.6 Å². The van der Waals surface area contributed by atoms with E-state index in [0.29, 0.717) is 12.5 Å². The van der Waals surface area contributed by atoms with Crippen LogP contribution >= 0.6 is 0 Å². The van der Waals surface area contributed by atoms with Gasteiger partial charge in [0.1, 0.15) is 5.75 Å². The molecule has 1 rings (SSSR count). The fourth-order valence-electron chi connectivity index (χ4n) is 2.20. The van der Waals surface area contributed by atoms with Gasteiger partial charge in [0.2, 0.25) is 0 Å². The first-order chi connectivity index (χ1) is 9.60. The number of rotatable bonds is 6. The minimum atomic E-state index is 0.385. The molecule has 0 saturated carbocycles. The van der Waals surface area contributed by atoms with Crippen molar-refractivity contribution in [3.05, 3.63) is 29.3 Å². The van der Waals surface area contributed by atoms with E-state index in [4.69, 9.17) is 10.5 Å². The van der Waals surface area contributed by atoms with E-state index < -0.39 is 0 Å². The van der Waals surface area contributed by atoms with Gasteiger partial charge in [0, 0.05) is 24.2 Å². The van der Waals surface area contributed by atoms with Gasteiger partial charge in [0.25, 0.3) is 0 Å². The van der Waals surface area contributed by atoms with E-state index in [2.05, 4.69) is 43.6 Å². The van der Waals surface area contributed by atoms with Crippen molar-refractivity contribution < 1.29 is 4.74 Å². The van der Waals surface area contributed by atoms with Crippen molar-refractivity contribution in [1.29, 1.82) is 0 Å². The number of ether oxygens (including phenoxy) is 1. The lowest BCUT2D eigenvalue weighted by molar-refractivity contribution is 0.244. The van der Waals surface area contributed by atoms with Crippen LogP contribution in [0.25, 0.3) is 0 Å². The van der Waals surface area contributed by atoms with Crippen LogP contribution in [0.5, 0.6) is 5.75 Å². The van der Waals surface area contributed by atoms with Crippen LogP contribution in [0.4, 0.5) is 0 Å². The number of hydrogen-bond acceptors (Lipinski definition) is 3. The Bertz CT molecular complexity index is 472. The van der Waals surface area contributed by atoms with Crippen molar-refractivity contribution in [2.45, 2.75) is 27.3 Å². The molecule has 3 heteroatoms. The molecule has 3 nitrogen and oxygen atoms in total. The topological polar surface area (TPSA) is 38.5 Å². The number of nitrogens with zero attached hydrogens (tertiary/aromatic N) is 1. The van der Waals surface area contributed by atoms with Crippen molar-refractivity contribution in [3.8, 4) is 17.6 Å². The van der Waals surface area contributed by atoms with Gasteiger partial charge in [-0.15, -0.1) is 0 Å². The first-order valence-electron chi connectivity index (χ1n) is 7.18. The predicted octanol–water partition coefficient (Wildman–Crippen LogP) is 2.48. The summed E-state index contributed by atoms with van der Waals surface area (Å²) < 4.78 is 5.46. The summed E-state index contributed by atoms with van der Waals surface area (Å²) >= 11 is 0. The molecule has 20 heavy (non-hydrogen) atoms. The van der Waals surface area contributed by atoms with E-state index in [1.807, 2.05) is 12.1 Å². The first-order valence-corrected chi connectivity index (χ1v) is 7.18. The minimum absolute atomic E-state index is 0.385. The predicted molar refractivity (Wildman–Crippen MR) is 84.7 cm³/mol. The van der Waals surface area contributed by atoms with Gasteiger partial charge < -0.3 is 10.5 Å². The molecule has 1 aromatic carbocycles. The summed E-state index contributed by atoms with van der Waals surface area (Å²) in [5.41, 5.74) is 7.59. The second kappa shape index (κ2) is 8.63. The van der Waals surface area contributed by atoms with Gasteiger partial charge in [0.15, 0.2) is 0 Å². The molecule has 0 aliphatic rings. The van der Waals surface area contributed by atoms with Gasteiger partial charge in [-0.25, -0.2) is 0 Å². The van der Waals surface area contributed by atoms with Gasteiger partial charge >= 0.3 is 0 Å². The van der Waals surface area contributed by atoms with Crippen LogP contribution in [0.2, 0.25) is 0 Å². The molecule has 0 heterocycles. The van der Waals surface area contributed by atoms with E-state index in [1.54, 1.807) is 7.11 Å². The quantitative estimate of drug-likeness (QED) is 0.810. The summed E-state index contributed by atoms with van der Waals surface area (Å²) in [6.07, 6.45) is 0. The SMILES string of the molecule is CCN(Cc1cc(C#CCN)ccc1OC)CC(C)C. The minimum Gasteiger partial charge on any atom is -0.496 e. The molecule has 0 atom stereocenters. The second-order valence-corrected chi connectivity index (χ2v) is 5.25. The standard InChI is InChI=1S/C17H26N2O/c1-5-19(12-14(2)3)13-16-11-15(7-6-10-18)8-9-17(16)20-4/h8-9,11,14H,5,10,12-13,18H2,1-4H3. The molecular weight excluding hydrogens is 248 g/mol.